The van der Waals surface area contributed by atoms with Crippen molar-refractivity contribution >= 4 is 27.7 Å². The van der Waals surface area contributed by atoms with E-state index in [-0.39, 0.29) is 23.6 Å². The average molecular weight is 328 g/mol. The van der Waals surface area contributed by atoms with Crippen LogP contribution in [-0.2, 0) is 6.42 Å². The molecule has 17 heavy (non-hydrogen) atoms. The molecular weight excluding hydrogens is 315 g/mol. The summed E-state index contributed by atoms with van der Waals surface area (Å²) in [5.74, 6) is 0.0151. The van der Waals surface area contributed by atoms with Crippen molar-refractivity contribution in [2.75, 3.05) is 5.75 Å². The van der Waals surface area contributed by atoms with Crippen LogP contribution in [0.5, 0.6) is 0 Å². The van der Waals surface area contributed by atoms with E-state index >= 15 is 0 Å². The Hall–Kier alpha value is -0.200. The summed E-state index contributed by atoms with van der Waals surface area (Å²) < 4.78 is 36.7. The lowest BCUT2D eigenvalue weighted by atomic mass is 10.1. The van der Waals surface area contributed by atoms with Gasteiger partial charge in [-0.1, -0.05) is 39.8 Å². The second-order valence-corrected chi connectivity index (χ2v) is 5.75. The molecule has 0 aliphatic rings. The molecule has 0 aromatic heterocycles. The lowest BCUT2D eigenvalue weighted by molar-refractivity contribution is -0.0328. The van der Waals surface area contributed by atoms with E-state index in [0.29, 0.717) is 12.8 Å². The third-order valence-electron chi connectivity index (χ3n) is 2.17. The Morgan fingerprint density at radius 2 is 1.82 bits per heavy atom. The molecule has 0 saturated carbocycles. The summed E-state index contributed by atoms with van der Waals surface area (Å²) in [6, 6.07) is 7.40. The van der Waals surface area contributed by atoms with Crippen LogP contribution in [0.4, 0.5) is 13.2 Å². The first kappa shape index (κ1) is 14.9. The number of alkyl halides is 3. The molecule has 0 heterocycles. The number of halogens is 4. The van der Waals surface area contributed by atoms with Crippen molar-refractivity contribution in [2.24, 2.45) is 5.73 Å². The highest BCUT2D eigenvalue weighted by atomic mass is 79.9. The molecule has 1 aromatic carbocycles. The smallest absolute Gasteiger partial charge is 0.327 e. The van der Waals surface area contributed by atoms with Gasteiger partial charge in [-0.3, -0.25) is 0 Å². The average Bonchev–Trinajstić information content (AvgIpc) is 2.19. The minimum atomic E-state index is -4.16. The highest BCUT2D eigenvalue weighted by Gasteiger charge is 2.27. The van der Waals surface area contributed by atoms with Gasteiger partial charge in [0.05, 0.1) is 0 Å². The quantitative estimate of drug-likeness (QED) is 0.885. The summed E-state index contributed by atoms with van der Waals surface area (Å²) in [4.78, 5) is 0. The van der Waals surface area contributed by atoms with E-state index in [1.165, 1.54) is 0 Å². The van der Waals surface area contributed by atoms with Gasteiger partial charge < -0.3 is 5.73 Å². The summed E-state index contributed by atoms with van der Waals surface area (Å²) in [5, 5.41) is 0. The lowest BCUT2D eigenvalue weighted by Gasteiger charge is -2.12. The lowest BCUT2D eigenvalue weighted by Crippen LogP contribution is -2.24. The second-order valence-electron chi connectivity index (χ2n) is 3.67. The summed E-state index contributed by atoms with van der Waals surface area (Å²) >= 11 is 3.30. The molecule has 0 radical (unpaired) electrons. The number of hydrogen-bond acceptors (Lipinski definition) is 2. The van der Waals surface area contributed by atoms with Crippen LogP contribution in [0.1, 0.15) is 12.0 Å². The van der Waals surface area contributed by atoms with Crippen LogP contribution in [0.2, 0.25) is 0 Å². The summed E-state index contributed by atoms with van der Waals surface area (Å²) in [7, 11) is 0. The van der Waals surface area contributed by atoms with Crippen molar-refractivity contribution in [1.29, 1.82) is 0 Å². The Morgan fingerprint density at radius 1 is 1.24 bits per heavy atom. The van der Waals surface area contributed by atoms with Crippen LogP contribution < -0.4 is 5.73 Å². The molecule has 6 heteroatoms. The fourth-order valence-corrected chi connectivity index (χ4v) is 2.27. The largest absolute Gasteiger partial charge is 0.441 e. The molecule has 1 rings (SSSR count). The van der Waals surface area contributed by atoms with Crippen LogP contribution in [0, 0.1) is 0 Å². The predicted molar refractivity (Wildman–Crippen MR) is 69.0 cm³/mol. The molecular formula is C11H13BrF3NS. The van der Waals surface area contributed by atoms with Gasteiger partial charge in [0.1, 0.15) is 0 Å². The molecule has 2 N–H and O–H groups in total. The Kier molecular flexibility index (Phi) is 5.82. The third kappa shape index (κ3) is 6.95. The van der Waals surface area contributed by atoms with E-state index in [9.17, 15) is 13.2 Å². The maximum atomic E-state index is 11.9. The van der Waals surface area contributed by atoms with Gasteiger partial charge in [0, 0.05) is 16.3 Å². The van der Waals surface area contributed by atoms with Crippen LogP contribution in [-0.4, -0.2) is 17.3 Å². The Bertz CT molecular complexity index is 340. The normalized spacial score (nSPS) is 13.7. The second kappa shape index (κ2) is 6.66. The summed E-state index contributed by atoms with van der Waals surface area (Å²) in [5.41, 5.74) is 2.66. The monoisotopic (exact) mass is 327 g/mol. The Labute approximate surface area is 111 Å². The first-order valence-corrected chi connectivity index (χ1v) is 6.85. The predicted octanol–water partition coefficient (Wildman–Crippen LogP) is 3.96. The molecule has 0 fully saturated rings. The van der Waals surface area contributed by atoms with Crippen molar-refractivity contribution in [1.82, 2.24) is 0 Å². The SMILES string of the molecule is NC(CCSC(F)(F)F)Cc1ccc(Br)cc1. The van der Waals surface area contributed by atoms with E-state index in [2.05, 4.69) is 15.9 Å². The zero-order valence-electron chi connectivity index (χ0n) is 9.01. The number of rotatable bonds is 5. The number of benzene rings is 1. The van der Waals surface area contributed by atoms with E-state index in [1.807, 2.05) is 24.3 Å². The molecule has 0 amide bonds. The van der Waals surface area contributed by atoms with E-state index in [4.69, 9.17) is 5.73 Å². The van der Waals surface area contributed by atoms with Crippen LogP contribution in [0.25, 0.3) is 0 Å². The molecule has 1 aromatic rings. The molecule has 0 aliphatic carbocycles. The van der Waals surface area contributed by atoms with Crippen molar-refractivity contribution < 1.29 is 13.2 Å². The standard InChI is InChI=1S/C11H13BrF3NS/c12-9-3-1-8(2-4-9)7-10(16)5-6-17-11(13,14)15/h1-4,10H,5-7,16H2. The Balaban J connectivity index is 2.30. The van der Waals surface area contributed by atoms with Crippen molar-refractivity contribution in [3.05, 3.63) is 34.3 Å². The maximum Gasteiger partial charge on any atom is 0.441 e. The molecule has 0 spiro atoms. The van der Waals surface area contributed by atoms with Gasteiger partial charge in [-0.15, -0.1) is 0 Å². The zero-order chi connectivity index (χ0) is 12.9. The fraction of sp³-hybridized carbons (Fsp3) is 0.455. The van der Waals surface area contributed by atoms with Gasteiger partial charge in [0.25, 0.3) is 0 Å². The zero-order valence-corrected chi connectivity index (χ0v) is 11.4. The van der Waals surface area contributed by atoms with Gasteiger partial charge in [-0.05, 0) is 30.5 Å². The van der Waals surface area contributed by atoms with Gasteiger partial charge in [0.15, 0.2) is 0 Å². The van der Waals surface area contributed by atoms with Crippen molar-refractivity contribution in [3.8, 4) is 0 Å². The number of thioether (sulfide) groups is 1. The molecule has 0 saturated heterocycles. The molecule has 0 bridgehead atoms. The first-order chi connectivity index (χ1) is 7.87. The number of hydrogen-bond donors (Lipinski definition) is 1. The molecule has 1 unspecified atom stereocenters. The van der Waals surface area contributed by atoms with E-state index in [1.54, 1.807) is 0 Å². The number of nitrogens with two attached hydrogens (primary N) is 1. The van der Waals surface area contributed by atoms with Crippen molar-refractivity contribution in [2.45, 2.75) is 24.4 Å². The molecule has 1 nitrogen and oxygen atoms in total. The Morgan fingerprint density at radius 3 is 2.35 bits per heavy atom. The van der Waals surface area contributed by atoms with E-state index < -0.39 is 5.51 Å². The third-order valence-corrected chi connectivity index (χ3v) is 3.46. The van der Waals surface area contributed by atoms with Crippen LogP contribution in [0.3, 0.4) is 0 Å². The first-order valence-electron chi connectivity index (χ1n) is 5.07. The van der Waals surface area contributed by atoms with Gasteiger partial charge in [0.2, 0.25) is 0 Å². The summed E-state index contributed by atoms with van der Waals surface area (Å²) in [6.45, 7) is 0. The topological polar surface area (TPSA) is 26.0 Å². The highest BCUT2D eigenvalue weighted by Crippen LogP contribution is 2.30. The minimum Gasteiger partial charge on any atom is -0.327 e. The van der Waals surface area contributed by atoms with E-state index in [0.717, 1.165) is 10.0 Å². The minimum absolute atomic E-state index is 0.0126. The van der Waals surface area contributed by atoms with Gasteiger partial charge in [-0.2, -0.15) is 13.2 Å². The van der Waals surface area contributed by atoms with Crippen molar-refractivity contribution in [3.63, 3.8) is 0 Å². The molecule has 0 aliphatic heterocycles. The molecule has 1 atom stereocenters. The summed E-state index contributed by atoms with van der Waals surface area (Å²) in [6.07, 6.45) is 0.964. The van der Waals surface area contributed by atoms with Crippen LogP contribution >= 0.6 is 27.7 Å². The fourth-order valence-electron chi connectivity index (χ4n) is 1.35. The maximum absolute atomic E-state index is 11.9. The van der Waals surface area contributed by atoms with Crippen LogP contribution in [0.15, 0.2) is 28.7 Å². The highest BCUT2D eigenvalue weighted by molar-refractivity contribution is 9.10. The molecule has 96 valence electrons. The van der Waals surface area contributed by atoms with Gasteiger partial charge in [-0.25, -0.2) is 0 Å². The van der Waals surface area contributed by atoms with Gasteiger partial charge >= 0.3 is 5.51 Å².